The third kappa shape index (κ3) is 7.21. The van der Waals surface area contributed by atoms with Crippen LogP contribution in [0.2, 0.25) is 0 Å². The van der Waals surface area contributed by atoms with Gasteiger partial charge in [0.05, 0.1) is 17.9 Å². The number of aliphatic carboxylic acids is 1. The second-order valence-electron chi connectivity index (χ2n) is 17.9. The molecule has 0 saturated carbocycles. The number of esters is 1. The maximum absolute atomic E-state index is 13.3. The first-order chi connectivity index (χ1) is 18.0. The summed E-state index contributed by atoms with van der Waals surface area (Å²) in [5.41, 5.74) is -2.19. The minimum absolute atomic E-state index is 0.113. The summed E-state index contributed by atoms with van der Waals surface area (Å²) in [4.78, 5) is 26.3. The van der Waals surface area contributed by atoms with Crippen molar-refractivity contribution >= 4 is 11.9 Å². The molecule has 1 aromatic rings. The fraction of sp³-hybridized carbons (Fsp3) is 0.784. The van der Waals surface area contributed by atoms with Crippen LogP contribution in [0.25, 0.3) is 0 Å². The van der Waals surface area contributed by atoms with Gasteiger partial charge in [-0.25, -0.2) is 0 Å². The first-order valence-electron chi connectivity index (χ1n) is 15.4. The largest absolute Gasteiger partial charge is 0.481 e. The molecule has 0 bridgehead atoms. The van der Waals surface area contributed by atoms with Crippen molar-refractivity contribution in [3.8, 4) is 0 Å². The maximum Gasteiger partial charge on any atom is 0.312 e. The average Bonchev–Trinajstić information content (AvgIpc) is 2.79. The van der Waals surface area contributed by atoms with E-state index in [1.807, 2.05) is 19.9 Å². The Morgan fingerprint density at radius 3 is 1.54 bits per heavy atom. The highest BCUT2D eigenvalue weighted by atomic mass is 16.5. The van der Waals surface area contributed by atoms with Crippen molar-refractivity contribution in [1.29, 1.82) is 0 Å². The number of methoxy groups -OCH3 is 1. The summed E-state index contributed by atoms with van der Waals surface area (Å²) in [7, 11) is 1.49. The van der Waals surface area contributed by atoms with Gasteiger partial charge in [-0.3, -0.25) is 9.59 Å². The van der Waals surface area contributed by atoms with Crippen LogP contribution in [0.4, 0.5) is 0 Å². The maximum atomic E-state index is 13.3. The second-order valence-corrected chi connectivity index (χ2v) is 17.9. The number of carboxylic acids is 1. The topological polar surface area (TPSA) is 63.6 Å². The Morgan fingerprint density at radius 2 is 1.17 bits per heavy atom. The second kappa shape index (κ2) is 11.7. The number of ether oxygens (including phenoxy) is 1. The molecule has 3 unspecified atom stereocenters. The number of carbonyl (C=O) groups excluding carboxylic acids is 1. The minimum atomic E-state index is -0.925. The zero-order valence-corrected chi connectivity index (χ0v) is 29.8. The first kappa shape index (κ1) is 37.2. The molecular weight excluding hydrogens is 508 g/mol. The van der Waals surface area contributed by atoms with Crippen LogP contribution in [0, 0.1) is 43.3 Å². The smallest absolute Gasteiger partial charge is 0.312 e. The van der Waals surface area contributed by atoms with Crippen LogP contribution in [0.1, 0.15) is 142 Å². The molecule has 4 nitrogen and oxygen atoms in total. The molecule has 1 rings (SSSR count). The minimum Gasteiger partial charge on any atom is -0.481 e. The number of hydrogen-bond acceptors (Lipinski definition) is 3. The van der Waals surface area contributed by atoms with Crippen LogP contribution < -0.4 is 0 Å². The van der Waals surface area contributed by atoms with Crippen LogP contribution in [0.15, 0.2) is 30.3 Å². The van der Waals surface area contributed by atoms with Gasteiger partial charge in [0.25, 0.3) is 0 Å². The third-order valence-corrected chi connectivity index (χ3v) is 12.0. The lowest BCUT2D eigenvalue weighted by atomic mass is 9.46. The zero-order chi connectivity index (χ0) is 32.7. The molecule has 0 heterocycles. The van der Waals surface area contributed by atoms with E-state index in [1.165, 1.54) is 12.7 Å². The van der Waals surface area contributed by atoms with Gasteiger partial charge in [-0.2, -0.15) is 0 Å². The Morgan fingerprint density at radius 1 is 0.707 bits per heavy atom. The zero-order valence-electron chi connectivity index (χ0n) is 29.8. The fourth-order valence-electron chi connectivity index (χ4n) is 7.06. The number of carboxylic acid groups (broad SMARTS) is 1. The van der Waals surface area contributed by atoms with E-state index in [0.29, 0.717) is 12.8 Å². The summed E-state index contributed by atoms with van der Waals surface area (Å²) in [6, 6.07) is 10.7. The molecule has 0 aliphatic carbocycles. The van der Waals surface area contributed by atoms with Crippen LogP contribution in [-0.2, 0) is 14.3 Å². The van der Waals surface area contributed by atoms with E-state index in [1.54, 1.807) is 0 Å². The molecule has 236 valence electrons. The molecule has 0 radical (unpaired) electrons. The van der Waals surface area contributed by atoms with Crippen molar-refractivity contribution in [2.45, 2.75) is 136 Å². The molecule has 0 aliphatic rings. The van der Waals surface area contributed by atoms with Gasteiger partial charge in [0.1, 0.15) is 0 Å². The molecule has 41 heavy (non-hydrogen) atoms. The normalized spacial score (nSPS) is 17.8. The van der Waals surface area contributed by atoms with E-state index in [4.69, 9.17) is 4.74 Å². The van der Waals surface area contributed by atoms with E-state index >= 15 is 0 Å². The molecule has 0 amide bonds. The van der Waals surface area contributed by atoms with Gasteiger partial charge in [-0.05, 0) is 77.1 Å². The van der Waals surface area contributed by atoms with Crippen molar-refractivity contribution in [3.05, 3.63) is 35.9 Å². The van der Waals surface area contributed by atoms with E-state index in [2.05, 4.69) is 121 Å². The highest BCUT2D eigenvalue weighted by Crippen LogP contribution is 2.63. The average molecular weight is 573 g/mol. The van der Waals surface area contributed by atoms with Crippen molar-refractivity contribution in [2.24, 2.45) is 43.3 Å². The molecule has 0 fully saturated rings. The summed E-state index contributed by atoms with van der Waals surface area (Å²) < 4.78 is 5.38. The van der Waals surface area contributed by atoms with Crippen LogP contribution in [0.5, 0.6) is 0 Å². The number of benzene rings is 1. The molecule has 0 saturated heterocycles. The summed E-state index contributed by atoms with van der Waals surface area (Å²) in [5.74, 6) is -0.797. The number of hydrogen-bond donors (Lipinski definition) is 1. The molecule has 4 heteroatoms. The van der Waals surface area contributed by atoms with E-state index < -0.39 is 22.2 Å². The lowest BCUT2D eigenvalue weighted by Crippen LogP contribution is -2.54. The Hall–Kier alpha value is -1.84. The van der Waals surface area contributed by atoms with Crippen LogP contribution >= 0.6 is 0 Å². The third-order valence-electron chi connectivity index (χ3n) is 12.0. The molecular formula is C37H64O4. The Labute approximate surface area is 253 Å². The van der Waals surface area contributed by atoms with E-state index in [0.717, 1.165) is 6.42 Å². The van der Waals surface area contributed by atoms with Crippen LogP contribution in [0.3, 0.4) is 0 Å². The monoisotopic (exact) mass is 572 g/mol. The van der Waals surface area contributed by atoms with Gasteiger partial charge >= 0.3 is 11.9 Å². The Kier molecular flexibility index (Phi) is 10.6. The Balaban J connectivity index is 3.82. The van der Waals surface area contributed by atoms with Crippen molar-refractivity contribution in [1.82, 2.24) is 0 Å². The van der Waals surface area contributed by atoms with Crippen molar-refractivity contribution in [2.75, 3.05) is 7.11 Å². The SMILES string of the molecule is COC(=O)C(C)(CC(C)(C)C(C)(C)C(CC(C)(C)C(C)(C)C(C)(CC(C)(C)C)C(=O)O)c1ccccc1)C(C)(C)C. The highest BCUT2D eigenvalue weighted by molar-refractivity contribution is 5.77. The molecule has 1 aromatic carbocycles. The highest BCUT2D eigenvalue weighted by Gasteiger charge is 2.59. The lowest BCUT2D eigenvalue weighted by Gasteiger charge is -2.57. The number of rotatable bonds is 12. The van der Waals surface area contributed by atoms with Gasteiger partial charge in [0.2, 0.25) is 0 Å². The summed E-state index contributed by atoms with van der Waals surface area (Å²) in [6.07, 6.45) is 2.05. The quantitative estimate of drug-likeness (QED) is 0.253. The molecule has 3 atom stereocenters. The van der Waals surface area contributed by atoms with E-state index in [9.17, 15) is 14.7 Å². The van der Waals surface area contributed by atoms with Crippen molar-refractivity contribution < 1.29 is 19.4 Å². The predicted molar refractivity (Wildman–Crippen MR) is 173 cm³/mol. The summed E-state index contributed by atoms with van der Waals surface area (Å²) in [5, 5.41) is 10.7. The van der Waals surface area contributed by atoms with Gasteiger partial charge in [-0.15, -0.1) is 0 Å². The van der Waals surface area contributed by atoms with Crippen molar-refractivity contribution in [3.63, 3.8) is 0 Å². The van der Waals surface area contributed by atoms with Gasteiger partial charge in [0.15, 0.2) is 0 Å². The first-order valence-corrected chi connectivity index (χ1v) is 15.4. The fourth-order valence-corrected chi connectivity index (χ4v) is 7.06. The van der Waals surface area contributed by atoms with E-state index in [-0.39, 0.29) is 39.0 Å². The molecule has 0 spiro atoms. The Bertz CT molecular complexity index is 1050. The van der Waals surface area contributed by atoms with Gasteiger partial charge in [-0.1, -0.05) is 127 Å². The molecule has 0 aliphatic heterocycles. The summed E-state index contributed by atoms with van der Waals surface area (Å²) >= 11 is 0. The summed E-state index contributed by atoms with van der Waals surface area (Å²) in [6.45, 7) is 34.8. The molecule has 1 N–H and O–H groups in total. The predicted octanol–water partition coefficient (Wildman–Crippen LogP) is 10.4. The van der Waals surface area contributed by atoms with Gasteiger partial charge in [0, 0.05) is 0 Å². The lowest BCUT2D eigenvalue weighted by molar-refractivity contribution is -0.168. The number of carbonyl (C=O) groups is 2. The van der Waals surface area contributed by atoms with Gasteiger partial charge < -0.3 is 9.84 Å². The standard InChI is InChI=1S/C37H64O4/c1-30(2,3)24-36(15,28(38)39)35(13,14)32(7,8)23-27(26-21-19-18-20-22-26)34(11,12)33(9,10)25-37(16,29(40)41-17)31(4,5)6/h18-22,27H,23-25H2,1-17H3,(H,38,39). The molecule has 0 aromatic heterocycles. The van der Waals surface area contributed by atoms with Crippen LogP contribution in [-0.4, -0.2) is 24.2 Å².